The average molecular weight is 327 g/mol. The summed E-state index contributed by atoms with van der Waals surface area (Å²) in [6, 6.07) is 29.4. The molecule has 122 valence electrons. The van der Waals surface area contributed by atoms with E-state index in [2.05, 4.69) is 6.07 Å². The van der Waals surface area contributed by atoms with Crippen LogP contribution in [0.15, 0.2) is 84.9 Å². The van der Waals surface area contributed by atoms with Gasteiger partial charge in [0.25, 0.3) is 0 Å². The van der Waals surface area contributed by atoms with Gasteiger partial charge in [-0.1, -0.05) is 72.8 Å². The lowest BCUT2D eigenvalue weighted by Crippen LogP contribution is -2.36. The minimum atomic E-state index is -0.534. The monoisotopic (exact) mass is 327 g/mol. The SMILES string of the molecule is N#Cc1cccc(B(OCc2ccccc2)OCc2ccccc2)c1. The lowest BCUT2D eigenvalue weighted by atomic mass is 9.78. The molecule has 0 bridgehead atoms. The molecule has 0 amide bonds. The van der Waals surface area contributed by atoms with E-state index >= 15 is 0 Å². The molecule has 3 aromatic carbocycles. The van der Waals surface area contributed by atoms with Crippen LogP contribution >= 0.6 is 0 Å². The maximum absolute atomic E-state index is 9.13. The van der Waals surface area contributed by atoms with Gasteiger partial charge in [-0.2, -0.15) is 5.26 Å². The van der Waals surface area contributed by atoms with Gasteiger partial charge >= 0.3 is 7.12 Å². The van der Waals surface area contributed by atoms with Crippen LogP contribution in [-0.2, 0) is 22.5 Å². The molecule has 0 N–H and O–H groups in total. The first-order valence-electron chi connectivity index (χ1n) is 8.16. The van der Waals surface area contributed by atoms with Crippen LogP contribution in [0.1, 0.15) is 16.7 Å². The van der Waals surface area contributed by atoms with Crippen LogP contribution in [0.25, 0.3) is 0 Å². The molecule has 0 saturated heterocycles. The van der Waals surface area contributed by atoms with Gasteiger partial charge in [0.1, 0.15) is 0 Å². The van der Waals surface area contributed by atoms with Crippen molar-refractivity contribution in [2.45, 2.75) is 13.2 Å². The molecule has 0 aliphatic carbocycles. The van der Waals surface area contributed by atoms with Gasteiger partial charge in [0.15, 0.2) is 0 Å². The third-order valence-electron chi connectivity index (χ3n) is 3.78. The Bertz CT molecular complexity index is 788. The Morgan fingerprint density at radius 2 is 1.28 bits per heavy atom. The van der Waals surface area contributed by atoms with Gasteiger partial charge in [0.05, 0.1) is 24.8 Å². The Morgan fingerprint density at radius 3 is 1.80 bits per heavy atom. The first kappa shape index (κ1) is 17.0. The number of rotatable bonds is 7. The summed E-state index contributed by atoms with van der Waals surface area (Å²) in [5.41, 5.74) is 3.58. The van der Waals surface area contributed by atoms with Crippen molar-refractivity contribution in [3.63, 3.8) is 0 Å². The molecule has 3 aromatic rings. The largest absolute Gasteiger partial charge is 0.494 e. The van der Waals surface area contributed by atoms with Crippen molar-refractivity contribution in [2.75, 3.05) is 0 Å². The molecular formula is C21H18BNO2. The topological polar surface area (TPSA) is 42.2 Å². The fourth-order valence-electron chi connectivity index (χ4n) is 2.49. The van der Waals surface area contributed by atoms with E-state index in [0.29, 0.717) is 18.8 Å². The Hall–Kier alpha value is -2.87. The number of hydrogen-bond donors (Lipinski definition) is 0. The number of benzene rings is 3. The molecule has 0 fully saturated rings. The minimum absolute atomic E-state index is 0.442. The Labute approximate surface area is 148 Å². The van der Waals surface area contributed by atoms with Gasteiger partial charge in [0, 0.05) is 0 Å². The van der Waals surface area contributed by atoms with Gasteiger partial charge < -0.3 is 9.31 Å². The maximum atomic E-state index is 9.13. The zero-order chi connectivity index (χ0) is 17.3. The minimum Gasteiger partial charge on any atom is -0.403 e. The number of hydrogen-bond acceptors (Lipinski definition) is 3. The second kappa shape index (κ2) is 8.84. The number of nitrogens with zero attached hydrogens (tertiary/aromatic N) is 1. The van der Waals surface area contributed by atoms with Gasteiger partial charge in [-0.15, -0.1) is 0 Å². The van der Waals surface area contributed by atoms with E-state index in [1.165, 1.54) is 0 Å². The fourth-order valence-corrected chi connectivity index (χ4v) is 2.49. The molecule has 0 unspecified atom stereocenters. The highest BCUT2D eigenvalue weighted by Crippen LogP contribution is 2.07. The standard InChI is InChI=1S/C21H18BNO2/c23-15-20-12-7-13-21(14-20)22(24-16-18-8-3-1-4-9-18)25-17-19-10-5-2-6-11-19/h1-14H,16-17H2. The first-order valence-corrected chi connectivity index (χ1v) is 8.16. The normalized spacial score (nSPS) is 10.2. The number of nitriles is 1. The molecule has 4 heteroatoms. The summed E-state index contributed by atoms with van der Waals surface area (Å²) in [6.45, 7) is 0.883. The fraction of sp³-hybridized carbons (Fsp3) is 0.0952. The lowest BCUT2D eigenvalue weighted by Gasteiger charge is -2.15. The zero-order valence-electron chi connectivity index (χ0n) is 13.8. The molecule has 0 heterocycles. The summed E-state index contributed by atoms with van der Waals surface area (Å²) in [4.78, 5) is 0. The average Bonchev–Trinajstić information content (AvgIpc) is 2.69. The van der Waals surface area contributed by atoms with Crippen molar-refractivity contribution in [3.8, 4) is 6.07 Å². The molecule has 3 nitrogen and oxygen atoms in total. The van der Waals surface area contributed by atoms with Crippen molar-refractivity contribution in [2.24, 2.45) is 0 Å². The van der Waals surface area contributed by atoms with E-state index in [0.717, 1.165) is 16.6 Å². The smallest absolute Gasteiger partial charge is 0.403 e. The summed E-state index contributed by atoms with van der Waals surface area (Å²) < 4.78 is 12.0. The molecule has 25 heavy (non-hydrogen) atoms. The van der Waals surface area contributed by atoms with Crippen molar-refractivity contribution in [1.82, 2.24) is 0 Å². The second-order valence-corrected chi connectivity index (χ2v) is 5.66. The predicted molar refractivity (Wildman–Crippen MR) is 99.0 cm³/mol. The Morgan fingerprint density at radius 1 is 0.720 bits per heavy atom. The van der Waals surface area contributed by atoms with E-state index in [4.69, 9.17) is 14.6 Å². The quantitative estimate of drug-likeness (QED) is 0.622. The van der Waals surface area contributed by atoms with E-state index in [1.54, 1.807) is 12.1 Å². The van der Waals surface area contributed by atoms with Gasteiger partial charge in [-0.25, -0.2) is 0 Å². The highest BCUT2D eigenvalue weighted by atomic mass is 16.6. The van der Waals surface area contributed by atoms with E-state index in [9.17, 15) is 0 Å². The summed E-state index contributed by atoms with van der Waals surface area (Å²) >= 11 is 0. The van der Waals surface area contributed by atoms with Crippen molar-refractivity contribution in [3.05, 3.63) is 102 Å². The van der Waals surface area contributed by atoms with Crippen LogP contribution in [0.5, 0.6) is 0 Å². The van der Waals surface area contributed by atoms with Crippen LogP contribution < -0.4 is 5.46 Å². The lowest BCUT2D eigenvalue weighted by molar-refractivity contribution is 0.192. The summed E-state index contributed by atoms with van der Waals surface area (Å²) in [5, 5.41) is 9.13. The highest BCUT2D eigenvalue weighted by Gasteiger charge is 2.22. The molecule has 0 aromatic heterocycles. The molecule has 0 radical (unpaired) electrons. The van der Waals surface area contributed by atoms with Crippen molar-refractivity contribution >= 4 is 12.6 Å². The third-order valence-corrected chi connectivity index (χ3v) is 3.78. The van der Waals surface area contributed by atoms with Crippen LogP contribution in [0.3, 0.4) is 0 Å². The summed E-state index contributed by atoms with van der Waals surface area (Å²) in [6.07, 6.45) is 0. The van der Waals surface area contributed by atoms with Crippen LogP contribution in [0.2, 0.25) is 0 Å². The molecule has 0 saturated carbocycles. The second-order valence-electron chi connectivity index (χ2n) is 5.66. The molecule has 0 atom stereocenters. The van der Waals surface area contributed by atoms with Gasteiger partial charge in [0.2, 0.25) is 0 Å². The maximum Gasteiger partial charge on any atom is 0.494 e. The van der Waals surface area contributed by atoms with Crippen molar-refractivity contribution in [1.29, 1.82) is 5.26 Å². The van der Waals surface area contributed by atoms with Crippen LogP contribution in [-0.4, -0.2) is 7.12 Å². The molecule has 0 aliphatic rings. The summed E-state index contributed by atoms with van der Waals surface area (Å²) in [7, 11) is -0.534. The van der Waals surface area contributed by atoms with Crippen LogP contribution in [0, 0.1) is 11.3 Å². The van der Waals surface area contributed by atoms with Gasteiger partial charge in [-0.05, 0) is 28.7 Å². The first-order chi connectivity index (χ1) is 12.3. The Balaban J connectivity index is 1.73. The molecule has 0 spiro atoms. The summed E-state index contributed by atoms with van der Waals surface area (Å²) in [5.74, 6) is 0. The van der Waals surface area contributed by atoms with E-state index < -0.39 is 7.12 Å². The molecular weight excluding hydrogens is 309 g/mol. The Kier molecular flexibility index (Phi) is 6.00. The van der Waals surface area contributed by atoms with Crippen LogP contribution in [0.4, 0.5) is 0 Å². The van der Waals surface area contributed by atoms with E-state index in [-0.39, 0.29) is 0 Å². The van der Waals surface area contributed by atoms with E-state index in [1.807, 2.05) is 72.8 Å². The zero-order valence-corrected chi connectivity index (χ0v) is 13.8. The van der Waals surface area contributed by atoms with Crippen molar-refractivity contribution < 1.29 is 9.31 Å². The predicted octanol–water partition coefficient (Wildman–Crippen LogP) is 3.69. The highest BCUT2D eigenvalue weighted by molar-refractivity contribution is 6.61. The molecule has 0 aliphatic heterocycles. The van der Waals surface area contributed by atoms with Gasteiger partial charge in [-0.3, -0.25) is 0 Å². The third kappa shape index (κ3) is 5.05. The molecule has 3 rings (SSSR count).